The maximum absolute atomic E-state index is 13.3. The SMILES string of the molecule is CC[C@@H](c1nnnn1CCc1ccccc1)N(Cc1ccc2c(c1)OCO2)Cc1cc2cc(OC)ccc2[nH]c1=O. The molecular formula is C31H32N6O4. The number of pyridine rings is 1. The van der Waals surface area contributed by atoms with Crippen LogP contribution in [0.2, 0.25) is 0 Å². The molecule has 1 aliphatic heterocycles. The Kier molecular flexibility index (Phi) is 7.64. The van der Waals surface area contributed by atoms with E-state index in [1.54, 1.807) is 7.11 Å². The largest absolute Gasteiger partial charge is 0.497 e. The van der Waals surface area contributed by atoms with Gasteiger partial charge in [-0.15, -0.1) is 5.10 Å². The average Bonchev–Trinajstić information content (AvgIpc) is 3.66. The summed E-state index contributed by atoms with van der Waals surface area (Å²) in [4.78, 5) is 18.5. The van der Waals surface area contributed by atoms with Crippen LogP contribution in [0, 0.1) is 0 Å². The van der Waals surface area contributed by atoms with Crippen LogP contribution < -0.4 is 19.8 Å². The number of benzene rings is 3. The minimum absolute atomic E-state index is 0.128. The molecule has 5 aromatic rings. The fraction of sp³-hybridized carbons (Fsp3) is 0.290. The van der Waals surface area contributed by atoms with Crippen molar-refractivity contribution in [2.24, 2.45) is 0 Å². The second kappa shape index (κ2) is 11.8. The molecule has 3 heterocycles. The first-order chi connectivity index (χ1) is 20.1. The van der Waals surface area contributed by atoms with E-state index in [1.165, 1.54) is 5.56 Å². The Morgan fingerprint density at radius 2 is 1.85 bits per heavy atom. The van der Waals surface area contributed by atoms with Crippen molar-refractivity contribution in [3.63, 3.8) is 0 Å². The number of aromatic amines is 1. The molecule has 10 heteroatoms. The molecule has 0 bridgehead atoms. The van der Waals surface area contributed by atoms with Crippen LogP contribution in [0.25, 0.3) is 10.9 Å². The minimum atomic E-state index is -0.147. The molecule has 1 N–H and O–H groups in total. The third-order valence-electron chi connectivity index (χ3n) is 7.46. The van der Waals surface area contributed by atoms with Crippen molar-refractivity contribution >= 4 is 10.9 Å². The molecule has 0 radical (unpaired) electrons. The van der Waals surface area contributed by atoms with Crippen LogP contribution in [0.15, 0.2) is 77.6 Å². The third kappa shape index (κ3) is 5.78. The molecule has 41 heavy (non-hydrogen) atoms. The van der Waals surface area contributed by atoms with Crippen molar-refractivity contribution in [3.05, 3.63) is 106 Å². The summed E-state index contributed by atoms with van der Waals surface area (Å²) in [6, 6.07) is 23.7. The van der Waals surface area contributed by atoms with Crippen LogP contribution >= 0.6 is 0 Å². The van der Waals surface area contributed by atoms with Gasteiger partial charge >= 0.3 is 0 Å². The molecule has 3 aromatic carbocycles. The molecule has 0 unspecified atom stereocenters. The number of methoxy groups -OCH3 is 1. The van der Waals surface area contributed by atoms with Crippen LogP contribution in [0.1, 0.15) is 41.9 Å². The zero-order valence-electron chi connectivity index (χ0n) is 23.1. The van der Waals surface area contributed by atoms with Crippen LogP contribution in [-0.4, -0.2) is 44.0 Å². The molecule has 10 nitrogen and oxygen atoms in total. The molecule has 1 atom stereocenters. The van der Waals surface area contributed by atoms with Crippen LogP contribution in [0.5, 0.6) is 17.2 Å². The van der Waals surface area contributed by atoms with E-state index in [0.29, 0.717) is 25.2 Å². The zero-order valence-corrected chi connectivity index (χ0v) is 23.1. The molecule has 0 spiro atoms. The smallest absolute Gasteiger partial charge is 0.252 e. The Bertz CT molecular complexity index is 1700. The highest BCUT2D eigenvalue weighted by atomic mass is 16.7. The molecule has 0 aliphatic carbocycles. The number of nitrogens with zero attached hydrogens (tertiary/aromatic N) is 5. The zero-order chi connectivity index (χ0) is 28.2. The number of nitrogens with one attached hydrogen (secondary N) is 1. The summed E-state index contributed by atoms with van der Waals surface area (Å²) in [6.45, 7) is 3.92. The highest BCUT2D eigenvalue weighted by molar-refractivity contribution is 5.80. The summed E-state index contributed by atoms with van der Waals surface area (Å²) in [7, 11) is 1.63. The lowest BCUT2D eigenvalue weighted by Crippen LogP contribution is -2.32. The van der Waals surface area contributed by atoms with E-state index in [9.17, 15) is 4.79 Å². The van der Waals surface area contributed by atoms with Gasteiger partial charge in [-0.25, -0.2) is 4.68 Å². The van der Waals surface area contributed by atoms with Crippen molar-refractivity contribution in [2.75, 3.05) is 13.9 Å². The van der Waals surface area contributed by atoms with E-state index in [2.05, 4.69) is 44.5 Å². The fourth-order valence-electron chi connectivity index (χ4n) is 5.34. The van der Waals surface area contributed by atoms with Crippen molar-refractivity contribution in [2.45, 2.75) is 45.4 Å². The minimum Gasteiger partial charge on any atom is -0.497 e. The van der Waals surface area contributed by atoms with Crippen LogP contribution in [0.4, 0.5) is 0 Å². The number of aryl methyl sites for hydroxylation is 2. The summed E-state index contributed by atoms with van der Waals surface area (Å²) < 4.78 is 18.4. The van der Waals surface area contributed by atoms with Gasteiger partial charge in [0.2, 0.25) is 6.79 Å². The normalized spacial score (nSPS) is 13.1. The van der Waals surface area contributed by atoms with Gasteiger partial charge in [-0.3, -0.25) is 9.69 Å². The number of aromatic nitrogens is 5. The molecule has 1 aliphatic rings. The maximum atomic E-state index is 13.3. The van der Waals surface area contributed by atoms with Gasteiger partial charge in [0.25, 0.3) is 5.56 Å². The van der Waals surface area contributed by atoms with E-state index in [0.717, 1.165) is 52.4 Å². The van der Waals surface area contributed by atoms with Gasteiger partial charge in [0.1, 0.15) is 5.75 Å². The van der Waals surface area contributed by atoms with E-state index in [-0.39, 0.29) is 18.4 Å². The van der Waals surface area contributed by atoms with Crippen LogP contribution in [0.3, 0.4) is 0 Å². The van der Waals surface area contributed by atoms with Gasteiger partial charge < -0.3 is 19.2 Å². The number of H-pyrrole nitrogens is 1. The number of tetrazole rings is 1. The Balaban J connectivity index is 1.34. The topological polar surface area (TPSA) is 107 Å². The Hall–Kier alpha value is -4.70. The lowest BCUT2D eigenvalue weighted by molar-refractivity contribution is 0.160. The molecule has 6 rings (SSSR count). The van der Waals surface area contributed by atoms with Gasteiger partial charge in [-0.2, -0.15) is 0 Å². The first-order valence-corrected chi connectivity index (χ1v) is 13.7. The Morgan fingerprint density at radius 3 is 2.68 bits per heavy atom. The van der Waals surface area contributed by atoms with Gasteiger partial charge in [0, 0.05) is 36.1 Å². The number of fused-ring (bicyclic) bond motifs is 2. The fourth-order valence-corrected chi connectivity index (χ4v) is 5.34. The monoisotopic (exact) mass is 552 g/mol. The van der Waals surface area contributed by atoms with Gasteiger partial charge in [0.05, 0.1) is 13.2 Å². The van der Waals surface area contributed by atoms with Crippen molar-refractivity contribution in [1.82, 2.24) is 30.1 Å². The van der Waals surface area contributed by atoms with Gasteiger partial charge in [-0.05, 0) is 70.8 Å². The van der Waals surface area contributed by atoms with Crippen LogP contribution in [-0.2, 0) is 26.1 Å². The molecular weight excluding hydrogens is 520 g/mol. The van der Waals surface area contributed by atoms with Gasteiger partial charge in [0.15, 0.2) is 17.3 Å². The summed E-state index contributed by atoms with van der Waals surface area (Å²) in [5.41, 5.74) is 3.54. The number of hydrogen-bond acceptors (Lipinski definition) is 8. The highest BCUT2D eigenvalue weighted by Gasteiger charge is 2.27. The molecule has 0 saturated heterocycles. The number of ether oxygens (including phenoxy) is 3. The average molecular weight is 553 g/mol. The summed E-state index contributed by atoms with van der Waals surface area (Å²) in [5, 5.41) is 13.7. The number of hydrogen-bond donors (Lipinski definition) is 1. The first-order valence-electron chi connectivity index (χ1n) is 13.7. The number of rotatable bonds is 11. The van der Waals surface area contributed by atoms with E-state index < -0.39 is 0 Å². The standard InChI is InChI=1S/C31H32N6O4/c1-3-27(30-33-34-35-37(30)14-13-21-7-5-4-6-8-21)36(18-22-9-12-28-29(15-22)41-20-40-28)19-24-16-23-17-25(39-2)10-11-26(23)32-31(24)38/h4-12,15-17,27H,3,13-14,18-20H2,1-2H3,(H,32,38)/t27-/m0/s1. The maximum Gasteiger partial charge on any atom is 0.252 e. The molecule has 0 saturated carbocycles. The summed E-state index contributed by atoms with van der Waals surface area (Å²) >= 11 is 0. The Morgan fingerprint density at radius 1 is 1.00 bits per heavy atom. The second-order valence-electron chi connectivity index (χ2n) is 10.1. The molecule has 0 fully saturated rings. The predicted molar refractivity (Wildman–Crippen MR) is 154 cm³/mol. The van der Waals surface area contributed by atoms with E-state index in [1.807, 2.05) is 65.3 Å². The summed E-state index contributed by atoms with van der Waals surface area (Å²) in [5.74, 6) is 2.95. The van der Waals surface area contributed by atoms with Crippen molar-refractivity contribution in [1.29, 1.82) is 0 Å². The van der Waals surface area contributed by atoms with Gasteiger partial charge in [-0.1, -0.05) is 43.3 Å². The lowest BCUT2D eigenvalue weighted by Gasteiger charge is -2.30. The van der Waals surface area contributed by atoms with Crippen molar-refractivity contribution in [3.8, 4) is 17.2 Å². The van der Waals surface area contributed by atoms with E-state index in [4.69, 9.17) is 14.2 Å². The predicted octanol–water partition coefficient (Wildman–Crippen LogP) is 4.65. The second-order valence-corrected chi connectivity index (χ2v) is 10.1. The molecule has 2 aromatic heterocycles. The first kappa shape index (κ1) is 26.5. The molecule has 210 valence electrons. The summed E-state index contributed by atoms with van der Waals surface area (Å²) in [6.07, 6.45) is 1.55. The molecule has 0 amide bonds. The highest BCUT2D eigenvalue weighted by Crippen LogP contribution is 2.34. The third-order valence-corrected chi connectivity index (χ3v) is 7.46. The van der Waals surface area contributed by atoms with E-state index >= 15 is 0 Å². The van der Waals surface area contributed by atoms with Crippen molar-refractivity contribution < 1.29 is 14.2 Å². The lowest BCUT2D eigenvalue weighted by atomic mass is 10.1. The quantitative estimate of drug-likeness (QED) is 0.252. The Labute approximate surface area is 237 Å².